The van der Waals surface area contributed by atoms with Crippen molar-refractivity contribution in [1.29, 1.82) is 0 Å². The van der Waals surface area contributed by atoms with E-state index in [9.17, 15) is 8.42 Å². The molecule has 3 aliphatic carbocycles. The molecule has 3 aromatic carbocycles. The predicted octanol–water partition coefficient (Wildman–Crippen LogP) is 6.22. The summed E-state index contributed by atoms with van der Waals surface area (Å²) in [5, 5.41) is 0. The van der Waals surface area contributed by atoms with Crippen LogP contribution in [0.15, 0.2) is 83.8 Å². The van der Waals surface area contributed by atoms with Gasteiger partial charge in [0.1, 0.15) is 0 Å². The van der Waals surface area contributed by atoms with Crippen molar-refractivity contribution in [2.24, 2.45) is 0 Å². The maximum Gasteiger partial charge on any atom is 0.184 e. The summed E-state index contributed by atoms with van der Waals surface area (Å²) in [6, 6.07) is 26.2. The van der Waals surface area contributed by atoms with Gasteiger partial charge < -0.3 is 0 Å². The lowest BCUT2D eigenvalue weighted by atomic mass is 9.58. The van der Waals surface area contributed by atoms with E-state index in [2.05, 4.69) is 68.2 Å². The Morgan fingerprint density at radius 3 is 1.60 bits per heavy atom. The van der Waals surface area contributed by atoms with E-state index in [1.54, 1.807) is 12.1 Å². The highest BCUT2D eigenvalue weighted by atomic mass is 32.2. The summed E-state index contributed by atoms with van der Waals surface area (Å²) in [6.07, 6.45) is 0. The molecule has 0 saturated heterocycles. The Morgan fingerprint density at radius 2 is 1.13 bits per heavy atom. The Hall–Kier alpha value is -2.17. The Kier molecular flexibility index (Phi) is 4.23. The zero-order chi connectivity index (χ0) is 21.3. The second kappa shape index (κ2) is 6.41. The van der Waals surface area contributed by atoms with Crippen LogP contribution in [0.4, 0.5) is 0 Å². The smallest absolute Gasteiger partial charge is 0.184 e. The Morgan fingerprint density at radius 1 is 0.700 bits per heavy atom. The molecule has 3 aliphatic rings. The molecule has 0 fully saturated rings. The largest absolute Gasteiger partial charge is 0.223 e. The third kappa shape index (κ3) is 2.44. The maximum absolute atomic E-state index is 14.4. The van der Waals surface area contributed by atoms with Crippen LogP contribution in [0, 0.1) is 0 Å². The van der Waals surface area contributed by atoms with E-state index in [0.717, 1.165) is 0 Å². The van der Waals surface area contributed by atoms with Crippen LogP contribution in [0.3, 0.4) is 0 Å². The SMILES string of the molecule is C[C@]1(S(=O)(=O)c2ccccc2)C2c3ccccc3C(c3ccccc32)[C@@H]1[Si](C)(C)C. The molecule has 0 radical (unpaired) electrons. The summed E-state index contributed by atoms with van der Waals surface area (Å²) in [6.45, 7) is 9.05. The van der Waals surface area contributed by atoms with E-state index in [4.69, 9.17) is 0 Å². The highest BCUT2D eigenvalue weighted by Crippen LogP contribution is 2.68. The predicted molar refractivity (Wildman–Crippen MR) is 126 cm³/mol. The van der Waals surface area contributed by atoms with Crippen LogP contribution < -0.4 is 0 Å². The van der Waals surface area contributed by atoms with Crippen LogP contribution in [0.5, 0.6) is 0 Å². The van der Waals surface area contributed by atoms with E-state index >= 15 is 0 Å². The van der Waals surface area contributed by atoms with E-state index in [1.165, 1.54) is 22.3 Å². The van der Waals surface area contributed by atoms with Crippen molar-refractivity contribution in [3.63, 3.8) is 0 Å². The van der Waals surface area contributed by atoms with Gasteiger partial charge in [0.2, 0.25) is 0 Å². The number of rotatable bonds is 3. The quantitative estimate of drug-likeness (QED) is 0.461. The van der Waals surface area contributed by atoms with Crippen molar-refractivity contribution >= 4 is 17.9 Å². The standard InChI is InChI=1S/C26H28O2SSi/c1-26(29(27,28)18-12-6-5-7-13-18)24-21-16-10-8-14-19(21)23(25(26)30(2,3)4)20-15-9-11-17-22(20)24/h5-17,23-25H,1-4H3/t23?,24?,25-,26-/m0/s1. The fourth-order valence-corrected chi connectivity index (χ4v) is 13.3. The summed E-state index contributed by atoms with van der Waals surface area (Å²) in [7, 11) is -5.48. The second-order valence-corrected chi connectivity index (χ2v) is 17.7. The van der Waals surface area contributed by atoms with Gasteiger partial charge in [0, 0.05) is 11.8 Å². The number of hydrogen-bond acceptors (Lipinski definition) is 2. The van der Waals surface area contributed by atoms with Gasteiger partial charge in [-0.1, -0.05) is 86.4 Å². The molecule has 6 rings (SSSR count). The molecule has 3 aromatic rings. The Labute approximate surface area is 180 Å². The van der Waals surface area contributed by atoms with Crippen LogP contribution in [-0.4, -0.2) is 21.2 Å². The molecule has 30 heavy (non-hydrogen) atoms. The first kappa shape index (κ1) is 19.8. The molecule has 0 saturated carbocycles. The number of fused-ring (bicyclic) bond motifs is 1. The Bertz CT molecular complexity index is 1180. The first-order valence-electron chi connectivity index (χ1n) is 10.7. The van der Waals surface area contributed by atoms with Crippen LogP contribution in [0.25, 0.3) is 0 Å². The van der Waals surface area contributed by atoms with Crippen molar-refractivity contribution in [3.8, 4) is 0 Å². The highest BCUT2D eigenvalue weighted by Gasteiger charge is 2.65. The minimum Gasteiger partial charge on any atom is -0.223 e. The normalized spacial score (nSPS) is 27.4. The van der Waals surface area contributed by atoms with Gasteiger partial charge in [-0.25, -0.2) is 8.42 Å². The van der Waals surface area contributed by atoms with Gasteiger partial charge in [-0.15, -0.1) is 0 Å². The molecule has 154 valence electrons. The van der Waals surface area contributed by atoms with Gasteiger partial charge in [0.05, 0.1) is 17.7 Å². The zero-order valence-corrected chi connectivity index (χ0v) is 19.8. The molecule has 0 aromatic heterocycles. The van der Waals surface area contributed by atoms with Crippen molar-refractivity contribution in [2.75, 3.05) is 0 Å². The van der Waals surface area contributed by atoms with E-state index in [-0.39, 0.29) is 17.4 Å². The van der Waals surface area contributed by atoms with E-state index in [1.807, 2.05) is 25.1 Å². The van der Waals surface area contributed by atoms with Gasteiger partial charge in [0.25, 0.3) is 0 Å². The molecule has 0 heterocycles. The monoisotopic (exact) mass is 432 g/mol. The summed E-state index contributed by atoms with van der Waals surface area (Å²) in [4.78, 5) is 0.443. The molecule has 0 spiro atoms. The molecular weight excluding hydrogens is 404 g/mol. The molecule has 2 nitrogen and oxygen atoms in total. The fourth-order valence-electron chi connectivity index (χ4n) is 6.47. The van der Waals surface area contributed by atoms with E-state index in [0.29, 0.717) is 4.90 Å². The van der Waals surface area contributed by atoms with Gasteiger partial charge in [-0.3, -0.25) is 0 Å². The van der Waals surface area contributed by atoms with Crippen LogP contribution in [0.2, 0.25) is 25.2 Å². The highest BCUT2D eigenvalue weighted by molar-refractivity contribution is 7.93. The van der Waals surface area contributed by atoms with Crippen LogP contribution in [-0.2, 0) is 9.84 Å². The molecule has 0 N–H and O–H groups in total. The number of benzene rings is 3. The lowest BCUT2D eigenvalue weighted by Crippen LogP contribution is -2.60. The van der Waals surface area contributed by atoms with Gasteiger partial charge in [-0.05, 0) is 46.9 Å². The molecule has 4 heteroatoms. The topological polar surface area (TPSA) is 34.1 Å². The molecular formula is C26H28O2SSi. The van der Waals surface area contributed by atoms with Gasteiger partial charge in [-0.2, -0.15) is 0 Å². The number of sulfone groups is 1. The summed E-state index contributed by atoms with van der Waals surface area (Å²) < 4.78 is 27.9. The van der Waals surface area contributed by atoms with Gasteiger partial charge >= 0.3 is 0 Å². The first-order valence-corrected chi connectivity index (χ1v) is 15.7. The summed E-state index contributed by atoms with van der Waals surface area (Å²) in [5.41, 5.74) is 5.13. The maximum atomic E-state index is 14.4. The minimum atomic E-state index is -3.58. The number of hydrogen-bond donors (Lipinski definition) is 0. The van der Waals surface area contributed by atoms with Crippen LogP contribution >= 0.6 is 0 Å². The lowest BCUT2D eigenvalue weighted by molar-refractivity contribution is 0.386. The third-order valence-electron chi connectivity index (χ3n) is 7.37. The average Bonchev–Trinajstić information content (AvgIpc) is 2.73. The summed E-state index contributed by atoms with van der Waals surface area (Å²) in [5.74, 6) is -0.0330. The molecule has 2 bridgehead atoms. The second-order valence-electron chi connectivity index (χ2n) is 10.0. The van der Waals surface area contributed by atoms with Crippen molar-refractivity contribution in [3.05, 3.63) is 101 Å². The first-order chi connectivity index (χ1) is 14.2. The summed E-state index contributed by atoms with van der Waals surface area (Å²) >= 11 is 0. The Balaban J connectivity index is 1.90. The van der Waals surface area contributed by atoms with Gasteiger partial charge in [0.15, 0.2) is 9.84 Å². The fraction of sp³-hybridized carbons (Fsp3) is 0.308. The van der Waals surface area contributed by atoms with E-state index < -0.39 is 22.7 Å². The zero-order valence-electron chi connectivity index (χ0n) is 18.0. The average molecular weight is 433 g/mol. The third-order valence-corrected chi connectivity index (χ3v) is 12.9. The van der Waals surface area contributed by atoms with Crippen molar-refractivity contribution in [2.45, 2.75) is 53.6 Å². The van der Waals surface area contributed by atoms with Crippen molar-refractivity contribution < 1.29 is 8.42 Å². The molecule has 2 atom stereocenters. The molecule has 0 aliphatic heterocycles. The molecule has 0 unspecified atom stereocenters. The molecule has 0 amide bonds. The van der Waals surface area contributed by atoms with Crippen molar-refractivity contribution in [1.82, 2.24) is 0 Å². The van der Waals surface area contributed by atoms with Crippen LogP contribution in [0.1, 0.15) is 41.0 Å². The minimum absolute atomic E-state index is 0.0880. The lowest BCUT2D eigenvalue weighted by Gasteiger charge is -2.59.